The predicted octanol–water partition coefficient (Wildman–Crippen LogP) is 2.50. The van der Waals surface area contributed by atoms with Crippen molar-refractivity contribution >= 4 is 0 Å². The molecule has 1 aromatic rings. The molecule has 1 aromatic carbocycles. The first-order valence-electron chi connectivity index (χ1n) is 7.83. The molecule has 2 unspecified atom stereocenters. The van der Waals surface area contributed by atoms with Gasteiger partial charge in [-0.15, -0.1) is 0 Å². The summed E-state index contributed by atoms with van der Waals surface area (Å²) in [6.45, 7) is 1.92. The molecule has 4 heteroatoms. The summed E-state index contributed by atoms with van der Waals surface area (Å²) in [7, 11) is 0. The first kappa shape index (κ1) is 17.0. The van der Waals surface area contributed by atoms with Gasteiger partial charge in [0.25, 0.3) is 0 Å². The van der Waals surface area contributed by atoms with Gasteiger partial charge >= 0.3 is 0 Å². The van der Waals surface area contributed by atoms with Crippen molar-refractivity contribution in [2.75, 3.05) is 19.8 Å². The van der Waals surface area contributed by atoms with Crippen LogP contribution in [0.2, 0.25) is 0 Å². The number of aliphatic hydroxyl groups excluding tert-OH is 1. The van der Waals surface area contributed by atoms with Gasteiger partial charge in [0, 0.05) is 13.0 Å². The molecule has 0 aromatic heterocycles. The van der Waals surface area contributed by atoms with Gasteiger partial charge in [-0.3, -0.25) is 0 Å². The Morgan fingerprint density at radius 1 is 1.23 bits per heavy atom. The molecule has 22 heavy (non-hydrogen) atoms. The number of hydrogen-bond donors (Lipinski definition) is 1. The molecule has 0 radical (unpaired) electrons. The third-order valence-electron chi connectivity index (χ3n) is 3.36. The maximum Gasteiger partial charge on any atom is 0.158 e. The van der Waals surface area contributed by atoms with E-state index in [2.05, 4.69) is 11.8 Å². The SMILES string of the molecule is OC(CC#CCOC1CCCCO1)COCc1ccccc1. The molecular weight excluding hydrogens is 280 g/mol. The maximum absolute atomic E-state index is 9.78. The summed E-state index contributed by atoms with van der Waals surface area (Å²) in [5.74, 6) is 5.82. The fourth-order valence-electron chi connectivity index (χ4n) is 2.16. The average molecular weight is 304 g/mol. The van der Waals surface area contributed by atoms with Gasteiger partial charge in [0.1, 0.15) is 6.61 Å². The van der Waals surface area contributed by atoms with Gasteiger partial charge in [-0.1, -0.05) is 42.2 Å². The number of ether oxygens (including phenoxy) is 3. The molecule has 120 valence electrons. The van der Waals surface area contributed by atoms with Crippen LogP contribution < -0.4 is 0 Å². The van der Waals surface area contributed by atoms with Crippen LogP contribution in [0.4, 0.5) is 0 Å². The summed E-state index contributed by atoms with van der Waals surface area (Å²) in [4.78, 5) is 0. The van der Waals surface area contributed by atoms with Crippen molar-refractivity contribution in [1.29, 1.82) is 0 Å². The van der Waals surface area contributed by atoms with E-state index in [1.807, 2.05) is 30.3 Å². The summed E-state index contributed by atoms with van der Waals surface area (Å²) in [5.41, 5.74) is 1.10. The summed E-state index contributed by atoms with van der Waals surface area (Å²) in [5, 5.41) is 9.78. The van der Waals surface area contributed by atoms with Crippen LogP contribution in [0.25, 0.3) is 0 Å². The van der Waals surface area contributed by atoms with E-state index >= 15 is 0 Å². The maximum atomic E-state index is 9.78. The summed E-state index contributed by atoms with van der Waals surface area (Å²) < 4.78 is 16.4. The standard InChI is InChI=1S/C18H24O4/c19-17(15-20-14-16-8-2-1-3-9-16)10-4-6-12-21-18-11-5-7-13-22-18/h1-3,8-9,17-19H,5,7,10-15H2. The molecule has 2 rings (SSSR count). The highest BCUT2D eigenvalue weighted by molar-refractivity contribution is 5.13. The lowest BCUT2D eigenvalue weighted by Gasteiger charge is -2.21. The predicted molar refractivity (Wildman–Crippen MR) is 84.0 cm³/mol. The fourth-order valence-corrected chi connectivity index (χ4v) is 2.16. The Balaban J connectivity index is 1.52. The lowest BCUT2D eigenvalue weighted by atomic mass is 10.2. The molecule has 1 heterocycles. The Hall–Kier alpha value is -1.38. The van der Waals surface area contributed by atoms with Crippen molar-refractivity contribution in [3.8, 4) is 11.8 Å². The Morgan fingerprint density at radius 2 is 2.09 bits per heavy atom. The van der Waals surface area contributed by atoms with Gasteiger partial charge < -0.3 is 19.3 Å². The summed E-state index contributed by atoms with van der Waals surface area (Å²) in [6, 6.07) is 9.90. The van der Waals surface area contributed by atoms with E-state index in [-0.39, 0.29) is 12.9 Å². The number of aliphatic hydroxyl groups is 1. The Labute approximate surface area is 132 Å². The van der Waals surface area contributed by atoms with E-state index in [9.17, 15) is 5.11 Å². The zero-order valence-corrected chi connectivity index (χ0v) is 12.9. The van der Waals surface area contributed by atoms with Crippen LogP contribution in [0, 0.1) is 11.8 Å². The third kappa shape index (κ3) is 7.06. The van der Waals surface area contributed by atoms with Crippen molar-refractivity contribution in [3.63, 3.8) is 0 Å². The number of benzene rings is 1. The van der Waals surface area contributed by atoms with E-state index in [0.717, 1.165) is 31.4 Å². The van der Waals surface area contributed by atoms with Crippen molar-refractivity contribution in [2.24, 2.45) is 0 Å². The van der Waals surface area contributed by atoms with E-state index in [0.29, 0.717) is 19.6 Å². The molecule has 1 fully saturated rings. The first-order valence-corrected chi connectivity index (χ1v) is 7.83. The summed E-state index contributed by atoms with van der Waals surface area (Å²) >= 11 is 0. The first-order chi connectivity index (χ1) is 10.8. The van der Waals surface area contributed by atoms with Gasteiger partial charge in [0.2, 0.25) is 0 Å². The van der Waals surface area contributed by atoms with E-state index in [4.69, 9.17) is 14.2 Å². The minimum atomic E-state index is -0.567. The normalized spacial score (nSPS) is 19.2. The summed E-state index contributed by atoms with van der Waals surface area (Å²) in [6.07, 6.45) is 2.92. The Morgan fingerprint density at radius 3 is 2.86 bits per heavy atom. The zero-order valence-electron chi connectivity index (χ0n) is 12.9. The molecule has 0 spiro atoms. The average Bonchev–Trinajstić information content (AvgIpc) is 2.56. The van der Waals surface area contributed by atoms with Crippen molar-refractivity contribution in [2.45, 2.75) is 44.7 Å². The molecule has 0 saturated carbocycles. The quantitative estimate of drug-likeness (QED) is 0.786. The van der Waals surface area contributed by atoms with Gasteiger partial charge in [0.05, 0.1) is 19.3 Å². The van der Waals surface area contributed by atoms with Crippen LogP contribution >= 0.6 is 0 Å². The van der Waals surface area contributed by atoms with Crippen molar-refractivity contribution < 1.29 is 19.3 Å². The molecule has 1 aliphatic rings. The van der Waals surface area contributed by atoms with Gasteiger partial charge in [-0.05, 0) is 24.8 Å². The van der Waals surface area contributed by atoms with E-state index in [1.165, 1.54) is 0 Å². The molecule has 0 bridgehead atoms. The Kier molecular flexibility index (Phi) is 8.00. The third-order valence-corrected chi connectivity index (χ3v) is 3.36. The topological polar surface area (TPSA) is 47.9 Å². The molecule has 0 amide bonds. The minimum Gasteiger partial charge on any atom is -0.390 e. The molecule has 1 saturated heterocycles. The fraction of sp³-hybridized carbons (Fsp3) is 0.556. The molecule has 4 nitrogen and oxygen atoms in total. The van der Waals surface area contributed by atoms with E-state index < -0.39 is 6.10 Å². The van der Waals surface area contributed by atoms with E-state index in [1.54, 1.807) is 0 Å². The van der Waals surface area contributed by atoms with Gasteiger partial charge in [0.15, 0.2) is 6.29 Å². The second kappa shape index (κ2) is 10.4. The smallest absolute Gasteiger partial charge is 0.158 e. The van der Waals surface area contributed by atoms with Crippen molar-refractivity contribution in [3.05, 3.63) is 35.9 Å². The highest BCUT2D eigenvalue weighted by atomic mass is 16.7. The number of hydrogen-bond acceptors (Lipinski definition) is 4. The second-order valence-corrected chi connectivity index (χ2v) is 5.32. The van der Waals surface area contributed by atoms with Crippen LogP contribution in [-0.2, 0) is 20.8 Å². The highest BCUT2D eigenvalue weighted by Gasteiger charge is 2.12. The second-order valence-electron chi connectivity index (χ2n) is 5.32. The monoisotopic (exact) mass is 304 g/mol. The van der Waals surface area contributed by atoms with Crippen LogP contribution in [0.3, 0.4) is 0 Å². The van der Waals surface area contributed by atoms with Crippen LogP contribution in [-0.4, -0.2) is 37.3 Å². The molecule has 1 aliphatic heterocycles. The van der Waals surface area contributed by atoms with Gasteiger partial charge in [-0.2, -0.15) is 0 Å². The highest BCUT2D eigenvalue weighted by Crippen LogP contribution is 2.13. The molecule has 0 aliphatic carbocycles. The van der Waals surface area contributed by atoms with Crippen molar-refractivity contribution in [1.82, 2.24) is 0 Å². The number of rotatable bonds is 7. The van der Waals surface area contributed by atoms with Crippen LogP contribution in [0.15, 0.2) is 30.3 Å². The van der Waals surface area contributed by atoms with Crippen LogP contribution in [0.5, 0.6) is 0 Å². The minimum absolute atomic E-state index is 0.109. The molecule has 2 atom stereocenters. The lowest BCUT2D eigenvalue weighted by Crippen LogP contribution is -2.22. The molecule has 1 N–H and O–H groups in total. The zero-order chi connectivity index (χ0) is 15.5. The molecular formula is C18H24O4. The Bertz CT molecular complexity index is 457. The lowest BCUT2D eigenvalue weighted by molar-refractivity contribution is -0.154. The van der Waals surface area contributed by atoms with Crippen LogP contribution in [0.1, 0.15) is 31.2 Å². The largest absolute Gasteiger partial charge is 0.390 e. The van der Waals surface area contributed by atoms with Gasteiger partial charge in [-0.25, -0.2) is 0 Å².